The van der Waals surface area contributed by atoms with Crippen molar-refractivity contribution in [1.82, 2.24) is 5.32 Å². The molecule has 5 N–H and O–H groups in total. The molecule has 3 fully saturated rings. The summed E-state index contributed by atoms with van der Waals surface area (Å²) in [5.74, 6) is 6.47. The van der Waals surface area contributed by atoms with Crippen LogP contribution in [0, 0.1) is 46.8 Å². The molecule has 0 bridgehead atoms. The number of nitrogens with two attached hydrogens (primary N) is 2. The molecule has 4 aliphatic rings. The molecule has 3 saturated carbocycles. The van der Waals surface area contributed by atoms with Gasteiger partial charge in [-0.25, -0.2) is 0 Å². The summed E-state index contributed by atoms with van der Waals surface area (Å²) < 4.78 is 6.31. The SMILES string of the molecule is CC.CC(C)CC(C)(N)N.CC(C)CCCCC1CCC2C1CC[C@H]1C2CC=C2CC(OCCCCCC=O)CCC21C.CCCCCCCCNC. The Bertz CT molecular complexity index is 918. The number of carbonyl (C=O) groups is 1. The number of unbranched alkanes of at least 4 members (excludes halogenated alkanes) is 9. The van der Waals surface area contributed by atoms with Crippen molar-refractivity contribution in [3.63, 3.8) is 0 Å². The molecule has 4 rings (SSSR count). The molecule has 53 heavy (non-hydrogen) atoms. The third-order valence-electron chi connectivity index (χ3n) is 13.1. The monoisotopic (exact) mass is 746 g/mol. The van der Waals surface area contributed by atoms with Crippen molar-refractivity contribution < 1.29 is 9.53 Å². The van der Waals surface area contributed by atoms with Crippen LogP contribution in [0.5, 0.6) is 0 Å². The lowest BCUT2D eigenvalue weighted by Crippen LogP contribution is -2.47. The molecule has 314 valence electrons. The standard InChI is InChI=1S/C31H52O2.C9H21N.C6H16N2.C2H6/c1-23(2)10-6-7-11-24-12-14-28-27(24)16-17-30-29(28)15-13-25-22-26(18-19-31(25,30)3)33-21-9-5-4-8-20-32;1-3-4-5-6-7-8-9-10-2;1-5(2)4-6(3,7)8;1-2/h13,20,23-24,26-30H,4-12,14-19,21-22H2,1-3H3;10H,3-9H2,1-2H3;5H,4,7-8H2,1-3H3;1-2H3/t24?,26?,27?,28?,29?,30-,31?;;;/m0.../s1. The first-order valence-corrected chi connectivity index (χ1v) is 23.3. The van der Waals surface area contributed by atoms with Crippen molar-refractivity contribution in [2.45, 2.75) is 222 Å². The van der Waals surface area contributed by atoms with Crippen LogP contribution in [0.3, 0.4) is 0 Å². The van der Waals surface area contributed by atoms with Crippen LogP contribution < -0.4 is 16.8 Å². The van der Waals surface area contributed by atoms with Crippen LogP contribution in [0.2, 0.25) is 0 Å². The number of allylic oxidation sites excluding steroid dienone is 1. The number of hydrogen-bond acceptors (Lipinski definition) is 5. The highest BCUT2D eigenvalue weighted by atomic mass is 16.5. The molecule has 7 atom stereocenters. The molecule has 5 heteroatoms. The Hall–Kier alpha value is -0.750. The van der Waals surface area contributed by atoms with Gasteiger partial charge in [-0.05, 0) is 144 Å². The average molecular weight is 746 g/mol. The molecule has 0 heterocycles. The van der Waals surface area contributed by atoms with Crippen molar-refractivity contribution in [1.29, 1.82) is 0 Å². The van der Waals surface area contributed by atoms with E-state index >= 15 is 0 Å². The molecule has 4 aliphatic carbocycles. The Morgan fingerprint density at radius 1 is 0.868 bits per heavy atom. The van der Waals surface area contributed by atoms with E-state index in [-0.39, 0.29) is 0 Å². The van der Waals surface area contributed by atoms with Crippen molar-refractivity contribution in [2.24, 2.45) is 58.3 Å². The Kier molecular flexibility index (Phi) is 27.1. The number of ether oxygens (including phenoxy) is 1. The topological polar surface area (TPSA) is 90.4 Å². The smallest absolute Gasteiger partial charge is 0.119 e. The fourth-order valence-electron chi connectivity index (χ4n) is 10.6. The summed E-state index contributed by atoms with van der Waals surface area (Å²) in [5.41, 5.74) is 12.8. The maximum Gasteiger partial charge on any atom is 0.119 e. The van der Waals surface area contributed by atoms with E-state index in [2.05, 4.69) is 52.9 Å². The van der Waals surface area contributed by atoms with Crippen LogP contribution in [0.15, 0.2) is 11.6 Å². The third-order valence-corrected chi connectivity index (χ3v) is 13.1. The van der Waals surface area contributed by atoms with Crippen LogP contribution >= 0.6 is 0 Å². The first-order valence-electron chi connectivity index (χ1n) is 23.3. The summed E-state index contributed by atoms with van der Waals surface area (Å²) in [6.45, 7) is 21.8. The van der Waals surface area contributed by atoms with Gasteiger partial charge in [-0.3, -0.25) is 0 Å². The number of hydrogen-bond donors (Lipinski definition) is 3. The summed E-state index contributed by atoms with van der Waals surface area (Å²) in [7, 11) is 2.02. The van der Waals surface area contributed by atoms with Gasteiger partial charge in [0.2, 0.25) is 0 Å². The lowest BCUT2D eigenvalue weighted by Gasteiger charge is -2.55. The molecule has 0 saturated heterocycles. The van der Waals surface area contributed by atoms with E-state index in [0.717, 1.165) is 74.1 Å². The molecule has 0 radical (unpaired) electrons. The molecule has 0 spiro atoms. The zero-order chi connectivity index (χ0) is 39.7. The number of rotatable bonds is 21. The highest BCUT2D eigenvalue weighted by molar-refractivity contribution is 5.48. The number of carbonyl (C=O) groups excluding carboxylic acids is 1. The van der Waals surface area contributed by atoms with E-state index < -0.39 is 5.66 Å². The van der Waals surface area contributed by atoms with Crippen LogP contribution in [0.4, 0.5) is 0 Å². The third kappa shape index (κ3) is 19.8. The maximum absolute atomic E-state index is 10.5. The quantitative estimate of drug-likeness (QED) is 0.0471. The largest absolute Gasteiger partial charge is 0.378 e. The molecule has 0 aromatic carbocycles. The second-order valence-corrected chi connectivity index (χ2v) is 18.8. The van der Waals surface area contributed by atoms with Gasteiger partial charge in [0, 0.05) is 13.0 Å². The summed E-state index contributed by atoms with van der Waals surface area (Å²) >= 11 is 0. The van der Waals surface area contributed by atoms with E-state index in [1.165, 1.54) is 122 Å². The average Bonchev–Trinajstić information content (AvgIpc) is 3.53. The minimum Gasteiger partial charge on any atom is -0.378 e. The van der Waals surface area contributed by atoms with Crippen LogP contribution in [0.25, 0.3) is 0 Å². The normalized spacial score (nSPS) is 27.5. The molecule has 0 aromatic heterocycles. The number of fused-ring (bicyclic) bond motifs is 5. The molecule has 0 aliphatic heterocycles. The van der Waals surface area contributed by atoms with Gasteiger partial charge in [-0.15, -0.1) is 0 Å². The fourth-order valence-corrected chi connectivity index (χ4v) is 10.6. The van der Waals surface area contributed by atoms with Gasteiger partial charge < -0.3 is 26.3 Å². The van der Waals surface area contributed by atoms with E-state index in [0.29, 0.717) is 23.9 Å². The number of nitrogens with one attached hydrogen (secondary N) is 1. The fraction of sp³-hybridized carbons (Fsp3) is 0.938. The molecule has 0 aromatic rings. The van der Waals surface area contributed by atoms with Gasteiger partial charge in [0.25, 0.3) is 0 Å². The van der Waals surface area contributed by atoms with Crippen molar-refractivity contribution in [3.8, 4) is 0 Å². The predicted molar refractivity (Wildman–Crippen MR) is 233 cm³/mol. The summed E-state index contributed by atoms with van der Waals surface area (Å²) in [6.07, 6.45) is 34.4. The molecular weight excluding hydrogens is 651 g/mol. The molecule has 0 amide bonds. The second kappa shape index (κ2) is 28.6. The zero-order valence-corrected chi connectivity index (χ0v) is 37.4. The first kappa shape index (κ1) is 50.3. The Morgan fingerprint density at radius 2 is 1.55 bits per heavy atom. The minimum atomic E-state index is -0.478. The maximum atomic E-state index is 10.5. The van der Waals surface area contributed by atoms with Crippen LogP contribution in [-0.2, 0) is 9.53 Å². The highest BCUT2D eigenvalue weighted by Gasteiger charge is 2.54. The van der Waals surface area contributed by atoms with Gasteiger partial charge in [0.1, 0.15) is 6.29 Å². The van der Waals surface area contributed by atoms with E-state index in [9.17, 15) is 4.79 Å². The van der Waals surface area contributed by atoms with E-state index in [1.807, 2.05) is 27.8 Å². The van der Waals surface area contributed by atoms with Crippen LogP contribution in [-0.4, -0.2) is 38.3 Å². The van der Waals surface area contributed by atoms with Gasteiger partial charge in [0.15, 0.2) is 0 Å². The van der Waals surface area contributed by atoms with Crippen molar-refractivity contribution in [2.75, 3.05) is 20.2 Å². The van der Waals surface area contributed by atoms with Crippen molar-refractivity contribution in [3.05, 3.63) is 11.6 Å². The predicted octanol–water partition coefficient (Wildman–Crippen LogP) is 12.8. The van der Waals surface area contributed by atoms with E-state index in [4.69, 9.17) is 16.2 Å². The van der Waals surface area contributed by atoms with Gasteiger partial charge >= 0.3 is 0 Å². The summed E-state index contributed by atoms with van der Waals surface area (Å²) in [4.78, 5) is 10.5. The molecule has 5 nitrogen and oxygen atoms in total. The van der Waals surface area contributed by atoms with Gasteiger partial charge in [0.05, 0.1) is 11.8 Å². The van der Waals surface area contributed by atoms with Crippen LogP contribution in [0.1, 0.15) is 210 Å². The Balaban J connectivity index is 0.000000579. The Labute approximate surface area is 332 Å². The first-order chi connectivity index (χ1) is 25.4. The molecular formula is C48H95N3O2. The summed E-state index contributed by atoms with van der Waals surface area (Å²) in [5, 5.41) is 3.16. The van der Waals surface area contributed by atoms with Crippen molar-refractivity contribution >= 4 is 6.29 Å². The highest BCUT2D eigenvalue weighted by Crippen LogP contribution is 2.62. The molecule has 6 unspecified atom stereocenters. The number of aldehydes is 1. The lowest BCUT2D eigenvalue weighted by molar-refractivity contribution is -0.108. The second-order valence-electron chi connectivity index (χ2n) is 18.8. The minimum absolute atomic E-state index is 0.435. The Morgan fingerprint density at radius 3 is 2.17 bits per heavy atom. The summed E-state index contributed by atoms with van der Waals surface area (Å²) in [6, 6.07) is 0. The zero-order valence-electron chi connectivity index (χ0n) is 37.4. The van der Waals surface area contributed by atoms with Gasteiger partial charge in [-0.2, -0.15) is 0 Å². The van der Waals surface area contributed by atoms with E-state index in [1.54, 1.807) is 5.57 Å². The lowest BCUT2D eigenvalue weighted by atomic mass is 9.50. The van der Waals surface area contributed by atoms with Gasteiger partial charge in [-0.1, -0.05) is 131 Å².